The molecule has 1 saturated heterocycles. The van der Waals surface area contributed by atoms with Gasteiger partial charge in [0.25, 0.3) is 5.56 Å². The van der Waals surface area contributed by atoms with Crippen molar-refractivity contribution in [3.8, 4) is 0 Å². The van der Waals surface area contributed by atoms with Crippen LogP contribution in [-0.2, 0) is 17.9 Å². The van der Waals surface area contributed by atoms with E-state index in [4.69, 9.17) is 11.6 Å². The first kappa shape index (κ1) is 15.6. The molecule has 3 rings (SSSR count). The summed E-state index contributed by atoms with van der Waals surface area (Å²) in [4.78, 5) is 24.9. The average molecular weight is 333 g/mol. The summed E-state index contributed by atoms with van der Waals surface area (Å²) in [5.74, 6) is 0.229. The fourth-order valence-corrected chi connectivity index (χ4v) is 2.72. The van der Waals surface area contributed by atoms with E-state index in [0.717, 1.165) is 24.1 Å². The highest BCUT2D eigenvalue weighted by atomic mass is 35.5. The largest absolute Gasteiger partial charge is 0.378 e. The molecule has 1 aliphatic heterocycles. The number of carbonyl (C=O) groups excluding carboxylic acids is 1. The molecule has 23 heavy (non-hydrogen) atoms. The molecule has 1 fully saturated rings. The SMILES string of the molecule is O=C1CCCN1Cc1ccc(CNc2cn[nH]c(=O)c2Cl)cc1. The van der Waals surface area contributed by atoms with Crippen molar-refractivity contribution in [2.24, 2.45) is 0 Å². The van der Waals surface area contributed by atoms with E-state index >= 15 is 0 Å². The molecular weight excluding hydrogens is 316 g/mol. The minimum Gasteiger partial charge on any atom is -0.378 e. The number of nitrogens with zero attached hydrogens (tertiary/aromatic N) is 2. The van der Waals surface area contributed by atoms with Gasteiger partial charge in [0, 0.05) is 26.1 Å². The van der Waals surface area contributed by atoms with Gasteiger partial charge in [-0.1, -0.05) is 35.9 Å². The average Bonchev–Trinajstić information content (AvgIpc) is 2.95. The third-order valence-corrected chi connectivity index (χ3v) is 4.22. The molecular formula is C16H17ClN4O2. The Morgan fingerprint density at radius 3 is 2.65 bits per heavy atom. The Morgan fingerprint density at radius 2 is 1.96 bits per heavy atom. The number of aromatic nitrogens is 2. The quantitative estimate of drug-likeness (QED) is 0.879. The van der Waals surface area contributed by atoms with Gasteiger partial charge in [0.2, 0.25) is 5.91 Å². The lowest BCUT2D eigenvalue weighted by Gasteiger charge is -2.15. The van der Waals surface area contributed by atoms with Crippen LogP contribution in [0, 0.1) is 0 Å². The predicted octanol–water partition coefficient (Wildman–Crippen LogP) is 2.16. The molecule has 6 nitrogen and oxygen atoms in total. The van der Waals surface area contributed by atoms with Gasteiger partial charge in [-0.05, 0) is 17.5 Å². The minimum atomic E-state index is -0.415. The van der Waals surface area contributed by atoms with E-state index in [0.29, 0.717) is 25.2 Å². The molecule has 1 aromatic heterocycles. The predicted molar refractivity (Wildman–Crippen MR) is 88.3 cm³/mol. The van der Waals surface area contributed by atoms with Gasteiger partial charge in [0.05, 0.1) is 11.9 Å². The van der Waals surface area contributed by atoms with Crippen molar-refractivity contribution in [1.29, 1.82) is 0 Å². The summed E-state index contributed by atoms with van der Waals surface area (Å²) in [6.45, 7) is 2.04. The van der Waals surface area contributed by atoms with E-state index in [9.17, 15) is 9.59 Å². The van der Waals surface area contributed by atoms with Crippen LogP contribution in [-0.4, -0.2) is 27.5 Å². The molecule has 0 aliphatic carbocycles. The van der Waals surface area contributed by atoms with Gasteiger partial charge in [0.1, 0.15) is 5.02 Å². The Morgan fingerprint density at radius 1 is 1.22 bits per heavy atom. The van der Waals surface area contributed by atoms with Crippen LogP contribution in [0.2, 0.25) is 5.02 Å². The molecule has 1 amide bonds. The fourth-order valence-electron chi connectivity index (χ4n) is 2.56. The summed E-state index contributed by atoms with van der Waals surface area (Å²) in [5.41, 5.74) is 2.25. The molecule has 1 aromatic carbocycles. The number of hydrogen-bond donors (Lipinski definition) is 2. The van der Waals surface area contributed by atoms with Crippen molar-refractivity contribution in [3.63, 3.8) is 0 Å². The van der Waals surface area contributed by atoms with Crippen molar-refractivity contribution in [2.45, 2.75) is 25.9 Å². The summed E-state index contributed by atoms with van der Waals surface area (Å²) in [6, 6.07) is 8.02. The zero-order chi connectivity index (χ0) is 16.2. The van der Waals surface area contributed by atoms with Crippen LogP contribution >= 0.6 is 11.6 Å². The van der Waals surface area contributed by atoms with Gasteiger partial charge in [-0.3, -0.25) is 9.59 Å². The summed E-state index contributed by atoms with van der Waals surface area (Å²) in [7, 11) is 0. The maximum Gasteiger partial charge on any atom is 0.285 e. The molecule has 2 aromatic rings. The number of likely N-dealkylation sites (tertiary alicyclic amines) is 1. The molecule has 0 spiro atoms. The summed E-state index contributed by atoms with van der Waals surface area (Å²) >= 11 is 5.91. The molecule has 120 valence electrons. The van der Waals surface area contributed by atoms with Crippen LogP contribution in [0.15, 0.2) is 35.3 Å². The minimum absolute atomic E-state index is 0.101. The topological polar surface area (TPSA) is 78.1 Å². The second-order valence-corrected chi connectivity index (χ2v) is 5.89. The van der Waals surface area contributed by atoms with Gasteiger partial charge >= 0.3 is 0 Å². The molecule has 2 heterocycles. The van der Waals surface area contributed by atoms with Gasteiger partial charge < -0.3 is 10.2 Å². The van der Waals surface area contributed by atoms with Gasteiger partial charge in [-0.2, -0.15) is 5.10 Å². The van der Waals surface area contributed by atoms with Gasteiger partial charge in [0.15, 0.2) is 0 Å². The number of aromatic amines is 1. The van der Waals surface area contributed by atoms with E-state index in [1.165, 1.54) is 6.20 Å². The number of anilines is 1. The Labute approximate surface area is 138 Å². The maximum absolute atomic E-state index is 11.6. The molecule has 0 saturated carbocycles. The van der Waals surface area contributed by atoms with Crippen molar-refractivity contribution >= 4 is 23.2 Å². The van der Waals surface area contributed by atoms with Crippen LogP contribution in [0.1, 0.15) is 24.0 Å². The van der Waals surface area contributed by atoms with Gasteiger partial charge in [-0.25, -0.2) is 5.10 Å². The monoisotopic (exact) mass is 332 g/mol. The molecule has 0 atom stereocenters. The lowest BCUT2D eigenvalue weighted by molar-refractivity contribution is -0.128. The number of rotatable bonds is 5. The molecule has 7 heteroatoms. The lowest BCUT2D eigenvalue weighted by Crippen LogP contribution is -2.23. The number of benzene rings is 1. The normalized spacial score (nSPS) is 14.3. The summed E-state index contributed by atoms with van der Waals surface area (Å²) < 4.78 is 0. The highest BCUT2D eigenvalue weighted by Gasteiger charge is 2.19. The first-order valence-corrected chi connectivity index (χ1v) is 7.84. The standard InChI is InChI=1S/C16H17ClN4O2/c17-15-13(9-19-20-16(15)23)18-8-11-3-5-12(6-4-11)10-21-7-1-2-14(21)22/h3-6,9H,1-2,7-8,10H2,(H2,18,20,23). The second kappa shape index (κ2) is 6.83. The van der Waals surface area contributed by atoms with E-state index in [2.05, 4.69) is 15.5 Å². The zero-order valence-corrected chi connectivity index (χ0v) is 13.3. The van der Waals surface area contributed by atoms with Crippen LogP contribution in [0.5, 0.6) is 0 Å². The Hall–Kier alpha value is -2.34. The van der Waals surface area contributed by atoms with Crippen molar-refractivity contribution < 1.29 is 4.79 Å². The number of halogens is 1. The number of amides is 1. The van der Waals surface area contributed by atoms with Crippen LogP contribution < -0.4 is 10.9 Å². The number of carbonyl (C=O) groups is 1. The molecule has 0 radical (unpaired) electrons. The van der Waals surface area contributed by atoms with Crippen molar-refractivity contribution in [1.82, 2.24) is 15.1 Å². The first-order chi connectivity index (χ1) is 11.1. The summed E-state index contributed by atoms with van der Waals surface area (Å²) in [5, 5.41) is 9.18. The Balaban J connectivity index is 1.60. The summed E-state index contributed by atoms with van der Waals surface area (Å²) in [6.07, 6.45) is 3.09. The third-order valence-electron chi connectivity index (χ3n) is 3.85. The van der Waals surface area contributed by atoms with E-state index in [-0.39, 0.29) is 10.9 Å². The third kappa shape index (κ3) is 3.71. The van der Waals surface area contributed by atoms with Crippen molar-refractivity contribution in [2.75, 3.05) is 11.9 Å². The number of nitrogens with one attached hydrogen (secondary N) is 2. The van der Waals surface area contributed by atoms with Crippen molar-refractivity contribution in [3.05, 3.63) is 57.0 Å². The highest BCUT2D eigenvalue weighted by molar-refractivity contribution is 6.32. The molecule has 1 aliphatic rings. The molecule has 2 N–H and O–H groups in total. The number of H-pyrrole nitrogens is 1. The molecule has 0 bridgehead atoms. The first-order valence-electron chi connectivity index (χ1n) is 7.46. The zero-order valence-electron chi connectivity index (χ0n) is 12.5. The Kier molecular flexibility index (Phi) is 4.62. The maximum atomic E-state index is 11.6. The lowest BCUT2D eigenvalue weighted by atomic mass is 10.1. The highest BCUT2D eigenvalue weighted by Crippen LogP contribution is 2.17. The van der Waals surface area contributed by atoms with E-state index < -0.39 is 5.56 Å². The second-order valence-electron chi connectivity index (χ2n) is 5.52. The fraction of sp³-hybridized carbons (Fsp3) is 0.312. The smallest absolute Gasteiger partial charge is 0.285 e. The number of hydrogen-bond acceptors (Lipinski definition) is 4. The van der Waals surface area contributed by atoms with Crippen LogP contribution in [0.3, 0.4) is 0 Å². The van der Waals surface area contributed by atoms with Crippen LogP contribution in [0.25, 0.3) is 0 Å². The Bertz CT molecular complexity index is 757. The molecule has 0 unspecified atom stereocenters. The van der Waals surface area contributed by atoms with Crippen LogP contribution in [0.4, 0.5) is 5.69 Å². The van der Waals surface area contributed by atoms with E-state index in [1.807, 2.05) is 29.2 Å². The van der Waals surface area contributed by atoms with Gasteiger partial charge in [-0.15, -0.1) is 0 Å². The van der Waals surface area contributed by atoms with E-state index in [1.54, 1.807) is 0 Å².